The van der Waals surface area contributed by atoms with E-state index in [-0.39, 0.29) is 5.41 Å². The highest BCUT2D eigenvalue weighted by atomic mass is 79.9. The van der Waals surface area contributed by atoms with Crippen LogP contribution < -0.4 is 10.1 Å². The first-order valence-corrected chi connectivity index (χ1v) is 7.68. The normalized spacial score (nSPS) is 25.1. The number of halogens is 1. The summed E-state index contributed by atoms with van der Waals surface area (Å²) in [5.41, 5.74) is 1.40. The molecule has 1 atom stereocenters. The van der Waals surface area contributed by atoms with E-state index < -0.39 is 0 Å². The number of hydrogen-bond donors (Lipinski definition) is 1. The van der Waals surface area contributed by atoms with E-state index in [1.165, 1.54) is 18.4 Å². The SMILES string of the molecule is COc1ccc(Br)cc1C1(CC2CCCN2)COC1. The molecule has 0 saturated carbocycles. The Hall–Kier alpha value is -0.580. The third kappa shape index (κ3) is 2.54. The molecule has 3 rings (SSSR count). The van der Waals surface area contributed by atoms with E-state index in [1.807, 2.05) is 12.1 Å². The van der Waals surface area contributed by atoms with Crippen LogP contribution in [0.5, 0.6) is 5.75 Å². The lowest BCUT2D eigenvalue weighted by Crippen LogP contribution is -2.50. The van der Waals surface area contributed by atoms with Crippen molar-refractivity contribution in [3.63, 3.8) is 0 Å². The Balaban J connectivity index is 1.90. The molecular formula is C15H20BrNO2. The van der Waals surface area contributed by atoms with Crippen molar-refractivity contribution in [2.45, 2.75) is 30.7 Å². The molecule has 2 aliphatic rings. The molecule has 2 heterocycles. The van der Waals surface area contributed by atoms with Gasteiger partial charge >= 0.3 is 0 Å². The molecule has 2 aliphatic heterocycles. The lowest BCUT2D eigenvalue weighted by molar-refractivity contribution is -0.0688. The smallest absolute Gasteiger partial charge is 0.122 e. The maximum absolute atomic E-state index is 5.55. The minimum absolute atomic E-state index is 0.122. The first-order valence-electron chi connectivity index (χ1n) is 6.89. The summed E-state index contributed by atoms with van der Waals surface area (Å²) >= 11 is 3.57. The van der Waals surface area contributed by atoms with Gasteiger partial charge in [0, 0.05) is 21.5 Å². The fraction of sp³-hybridized carbons (Fsp3) is 0.600. The zero-order chi connectivity index (χ0) is 13.3. The molecule has 2 saturated heterocycles. The molecular weight excluding hydrogens is 306 g/mol. The fourth-order valence-electron chi connectivity index (χ4n) is 3.23. The molecule has 1 unspecified atom stereocenters. The van der Waals surface area contributed by atoms with Gasteiger partial charge in [-0.15, -0.1) is 0 Å². The third-order valence-electron chi connectivity index (χ3n) is 4.29. The van der Waals surface area contributed by atoms with Crippen molar-refractivity contribution in [2.24, 2.45) is 0 Å². The quantitative estimate of drug-likeness (QED) is 0.923. The Morgan fingerprint density at radius 3 is 2.89 bits per heavy atom. The van der Waals surface area contributed by atoms with Crippen LogP contribution >= 0.6 is 15.9 Å². The van der Waals surface area contributed by atoms with E-state index >= 15 is 0 Å². The zero-order valence-corrected chi connectivity index (χ0v) is 12.8. The highest BCUT2D eigenvalue weighted by molar-refractivity contribution is 9.10. The number of ether oxygens (including phenoxy) is 2. The summed E-state index contributed by atoms with van der Waals surface area (Å²) in [5, 5.41) is 3.59. The molecule has 3 nitrogen and oxygen atoms in total. The van der Waals surface area contributed by atoms with Crippen molar-refractivity contribution in [3.05, 3.63) is 28.2 Å². The fourth-order valence-corrected chi connectivity index (χ4v) is 3.59. The lowest BCUT2D eigenvalue weighted by Gasteiger charge is -2.44. The molecule has 0 amide bonds. The first kappa shape index (κ1) is 13.4. The average Bonchev–Trinajstić information content (AvgIpc) is 2.86. The summed E-state index contributed by atoms with van der Waals surface area (Å²) in [5.74, 6) is 0.976. The van der Waals surface area contributed by atoms with Gasteiger partial charge in [0.05, 0.1) is 20.3 Å². The van der Waals surface area contributed by atoms with Gasteiger partial charge < -0.3 is 14.8 Å². The van der Waals surface area contributed by atoms with Crippen molar-refractivity contribution in [3.8, 4) is 5.75 Å². The molecule has 0 aliphatic carbocycles. The molecule has 1 aromatic rings. The second kappa shape index (κ2) is 5.43. The second-order valence-electron chi connectivity index (χ2n) is 5.62. The summed E-state index contributed by atoms with van der Waals surface area (Å²) in [6.07, 6.45) is 3.70. The molecule has 0 radical (unpaired) electrons. The van der Waals surface area contributed by atoms with Gasteiger partial charge in [0.2, 0.25) is 0 Å². The molecule has 1 N–H and O–H groups in total. The molecule has 0 bridgehead atoms. The summed E-state index contributed by atoms with van der Waals surface area (Å²) in [7, 11) is 1.74. The highest BCUT2D eigenvalue weighted by Crippen LogP contribution is 2.43. The van der Waals surface area contributed by atoms with Gasteiger partial charge in [0.25, 0.3) is 0 Å². The average molecular weight is 326 g/mol. The van der Waals surface area contributed by atoms with Crippen molar-refractivity contribution >= 4 is 15.9 Å². The number of nitrogens with one attached hydrogen (secondary N) is 1. The minimum Gasteiger partial charge on any atom is -0.496 e. The van der Waals surface area contributed by atoms with E-state index in [2.05, 4.69) is 27.3 Å². The monoisotopic (exact) mass is 325 g/mol. The predicted octanol–water partition coefficient (Wildman–Crippen LogP) is 2.87. The van der Waals surface area contributed by atoms with Crippen LogP contribution in [0, 0.1) is 0 Å². The molecule has 2 fully saturated rings. The summed E-state index contributed by atoms with van der Waals surface area (Å²) in [6.45, 7) is 2.76. The predicted molar refractivity (Wildman–Crippen MR) is 78.8 cm³/mol. The first-order chi connectivity index (χ1) is 9.23. The van der Waals surface area contributed by atoms with E-state index in [9.17, 15) is 0 Å². The minimum atomic E-state index is 0.122. The van der Waals surface area contributed by atoms with Gasteiger partial charge in [-0.25, -0.2) is 0 Å². The lowest BCUT2D eigenvalue weighted by atomic mass is 9.73. The number of methoxy groups -OCH3 is 1. The van der Waals surface area contributed by atoms with E-state index in [0.29, 0.717) is 6.04 Å². The number of benzene rings is 1. The van der Waals surface area contributed by atoms with Gasteiger partial charge in [-0.05, 0) is 44.0 Å². The van der Waals surface area contributed by atoms with Crippen LogP contribution in [-0.4, -0.2) is 32.9 Å². The van der Waals surface area contributed by atoms with E-state index in [0.717, 1.165) is 36.4 Å². The van der Waals surface area contributed by atoms with Crippen LogP contribution in [0.3, 0.4) is 0 Å². The van der Waals surface area contributed by atoms with Crippen LogP contribution in [0.4, 0.5) is 0 Å². The van der Waals surface area contributed by atoms with Crippen molar-refractivity contribution in [1.29, 1.82) is 0 Å². The number of rotatable bonds is 4. The maximum Gasteiger partial charge on any atom is 0.122 e. The van der Waals surface area contributed by atoms with E-state index in [4.69, 9.17) is 9.47 Å². The maximum atomic E-state index is 5.55. The van der Waals surface area contributed by atoms with Crippen molar-refractivity contribution in [2.75, 3.05) is 26.9 Å². The summed E-state index contributed by atoms with van der Waals surface area (Å²) in [4.78, 5) is 0. The third-order valence-corrected chi connectivity index (χ3v) is 4.78. The molecule has 104 valence electrons. The van der Waals surface area contributed by atoms with Gasteiger partial charge in [-0.2, -0.15) is 0 Å². The Kier molecular flexibility index (Phi) is 3.83. The summed E-state index contributed by atoms with van der Waals surface area (Å²) < 4.78 is 12.2. The van der Waals surface area contributed by atoms with Crippen LogP contribution in [-0.2, 0) is 10.2 Å². The second-order valence-corrected chi connectivity index (χ2v) is 6.53. The van der Waals surface area contributed by atoms with Crippen LogP contribution in [0.15, 0.2) is 22.7 Å². The van der Waals surface area contributed by atoms with Crippen molar-refractivity contribution < 1.29 is 9.47 Å². The van der Waals surface area contributed by atoms with Gasteiger partial charge in [0.1, 0.15) is 5.75 Å². The molecule has 1 aromatic carbocycles. The van der Waals surface area contributed by atoms with Gasteiger partial charge in [-0.1, -0.05) is 15.9 Å². The molecule has 19 heavy (non-hydrogen) atoms. The Labute approximate surface area is 122 Å². The van der Waals surface area contributed by atoms with E-state index in [1.54, 1.807) is 7.11 Å². The molecule has 0 spiro atoms. The largest absolute Gasteiger partial charge is 0.496 e. The van der Waals surface area contributed by atoms with Crippen LogP contribution in [0.1, 0.15) is 24.8 Å². The van der Waals surface area contributed by atoms with Gasteiger partial charge in [0.15, 0.2) is 0 Å². The summed E-state index contributed by atoms with van der Waals surface area (Å²) in [6, 6.07) is 6.88. The highest BCUT2D eigenvalue weighted by Gasteiger charge is 2.44. The zero-order valence-electron chi connectivity index (χ0n) is 11.2. The van der Waals surface area contributed by atoms with Crippen molar-refractivity contribution in [1.82, 2.24) is 5.32 Å². The standard InChI is InChI=1S/C15H20BrNO2/c1-18-14-5-4-11(16)7-13(14)15(9-19-10-15)8-12-3-2-6-17-12/h4-5,7,12,17H,2-3,6,8-10H2,1H3. The van der Waals surface area contributed by atoms with Crippen LogP contribution in [0.2, 0.25) is 0 Å². The Morgan fingerprint density at radius 1 is 1.47 bits per heavy atom. The number of hydrogen-bond acceptors (Lipinski definition) is 3. The van der Waals surface area contributed by atoms with Gasteiger partial charge in [-0.3, -0.25) is 0 Å². The van der Waals surface area contributed by atoms with Crippen LogP contribution in [0.25, 0.3) is 0 Å². The topological polar surface area (TPSA) is 30.5 Å². The molecule has 4 heteroatoms. The Bertz CT molecular complexity index is 453. The molecule has 0 aromatic heterocycles. The Morgan fingerprint density at radius 2 is 2.32 bits per heavy atom.